The van der Waals surface area contributed by atoms with Gasteiger partial charge in [0, 0.05) is 16.1 Å². The Hall–Kier alpha value is -2.31. The summed E-state index contributed by atoms with van der Waals surface area (Å²) in [6.45, 7) is 0. The van der Waals surface area contributed by atoms with E-state index < -0.39 is 0 Å². The minimum Gasteiger partial charge on any atom is -0.267 e. The van der Waals surface area contributed by atoms with Crippen molar-refractivity contribution >= 4 is 38.9 Å². The second-order valence-corrected chi connectivity index (χ2v) is 6.38. The van der Waals surface area contributed by atoms with Crippen molar-refractivity contribution in [1.82, 2.24) is 19.7 Å². The van der Waals surface area contributed by atoms with Gasteiger partial charge in [0.1, 0.15) is 5.69 Å². The smallest absolute Gasteiger partial charge is 0.200 e. The van der Waals surface area contributed by atoms with Crippen molar-refractivity contribution in [3.05, 3.63) is 70.0 Å². The van der Waals surface area contributed by atoms with Gasteiger partial charge in [-0.1, -0.05) is 40.2 Å². The highest BCUT2D eigenvalue weighted by molar-refractivity contribution is 9.10. The standard InChI is InChI=1S/C17H11BrN4S/c18-13-5-7-14(8-6-13)22-16(20-21-17(22)23)15-9-11-3-1-2-4-12(11)10-19-15/h1-10H,(H,21,23). The molecule has 4 rings (SSSR count). The van der Waals surface area contributed by atoms with Crippen LogP contribution in [0.15, 0.2) is 65.3 Å². The third kappa shape index (κ3) is 2.60. The number of hydrogen-bond acceptors (Lipinski definition) is 3. The van der Waals surface area contributed by atoms with Gasteiger partial charge in [0.05, 0.1) is 5.69 Å². The van der Waals surface area contributed by atoms with Crippen LogP contribution in [-0.4, -0.2) is 19.7 Å². The molecule has 0 unspecified atom stereocenters. The molecule has 0 radical (unpaired) electrons. The Labute approximate surface area is 146 Å². The van der Waals surface area contributed by atoms with Gasteiger partial charge in [-0.3, -0.25) is 14.6 Å². The molecule has 2 aromatic heterocycles. The Balaban J connectivity index is 1.92. The zero-order valence-electron chi connectivity index (χ0n) is 11.9. The molecule has 0 aliphatic heterocycles. The van der Waals surface area contributed by atoms with Gasteiger partial charge < -0.3 is 0 Å². The van der Waals surface area contributed by atoms with Crippen LogP contribution in [0.4, 0.5) is 0 Å². The molecule has 23 heavy (non-hydrogen) atoms. The molecule has 4 nitrogen and oxygen atoms in total. The topological polar surface area (TPSA) is 46.5 Å². The number of rotatable bonds is 2. The molecule has 1 N–H and O–H groups in total. The van der Waals surface area contributed by atoms with Gasteiger partial charge in [0.2, 0.25) is 0 Å². The van der Waals surface area contributed by atoms with Crippen LogP contribution >= 0.6 is 28.1 Å². The number of nitrogens with one attached hydrogen (secondary N) is 1. The van der Waals surface area contributed by atoms with E-state index in [-0.39, 0.29) is 0 Å². The largest absolute Gasteiger partial charge is 0.267 e. The van der Waals surface area contributed by atoms with Crippen molar-refractivity contribution in [2.45, 2.75) is 0 Å². The van der Waals surface area contributed by atoms with E-state index in [1.165, 1.54) is 0 Å². The predicted octanol–water partition coefficient (Wildman–Crippen LogP) is 4.91. The van der Waals surface area contributed by atoms with E-state index >= 15 is 0 Å². The molecule has 0 aliphatic carbocycles. The summed E-state index contributed by atoms with van der Waals surface area (Å²) in [4.78, 5) is 4.54. The second kappa shape index (κ2) is 5.72. The molecule has 0 saturated heterocycles. The molecule has 0 saturated carbocycles. The summed E-state index contributed by atoms with van der Waals surface area (Å²) in [6.07, 6.45) is 1.86. The van der Waals surface area contributed by atoms with Crippen LogP contribution in [0.1, 0.15) is 0 Å². The van der Waals surface area contributed by atoms with Crippen molar-refractivity contribution in [3.8, 4) is 17.2 Å². The Bertz CT molecular complexity index is 1050. The Morgan fingerprint density at radius 3 is 2.52 bits per heavy atom. The molecule has 2 heterocycles. The predicted molar refractivity (Wildman–Crippen MR) is 97.2 cm³/mol. The van der Waals surface area contributed by atoms with Crippen LogP contribution in [0.25, 0.3) is 28.0 Å². The summed E-state index contributed by atoms with van der Waals surface area (Å²) < 4.78 is 3.44. The summed E-state index contributed by atoms with van der Waals surface area (Å²) in [5.41, 5.74) is 1.72. The van der Waals surface area contributed by atoms with Crippen LogP contribution in [0.2, 0.25) is 0 Å². The Morgan fingerprint density at radius 2 is 1.74 bits per heavy atom. The second-order valence-electron chi connectivity index (χ2n) is 5.08. The highest BCUT2D eigenvalue weighted by atomic mass is 79.9. The van der Waals surface area contributed by atoms with E-state index in [0.29, 0.717) is 10.6 Å². The molecule has 0 aliphatic rings. The molecule has 0 fully saturated rings. The molecule has 0 atom stereocenters. The molecule has 0 spiro atoms. The van der Waals surface area contributed by atoms with Gasteiger partial charge in [0.25, 0.3) is 0 Å². The summed E-state index contributed by atoms with van der Waals surface area (Å²) in [7, 11) is 0. The quantitative estimate of drug-likeness (QED) is 0.501. The maximum absolute atomic E-state index is 5.39. The number of benzene rings is 2. The molecular weight excluding hydrogens is 372 g/mol. The number of aromatic amines is 1. The zero-order chi connectivity index (χ0) is 15.8. The first-order valence-electron chi connectivity index (χ1n) is 7.01. The first-order chi connectivity index (χ1) is 11.2. The average Bonchev–Trinajstić information content (AvgIpc) is 2.97. The molecular formula is C17H11BrN4S. The maximum Gasteiger partial charge on any atom is 0.200 e. The number of nitrogens with zero attached hydrogens (tertiary/aromatic N) is 3. The lowest BCUT2D eigenvalue weighted by Crippen LogP contribution is -1.99. The summed E-state index contributed by atoms with van der Waals surface area (Å²) in [6, 6.07) is 18.1. The molecule has 0 bridgehead atoms. The first-order valence-corrected chi connectivity index (χ1v) is 8.21. The van der Waals surface area contributed by atoms with Gasteiger partial charge in [-0.25, -0.2) is 0 Å². The van der Waals surface area contributed by atoms with E-state index in [1.54, 1.807) is 0 Å². The minimum absolute atomic E-state index is 0.539. The molecule has 4 aromatic rings. The van der Waals surface area contributed by atoms with Gasteiger partial charge in [-0.2, -0.15) is 5.10 Å². The van der Waals surface area contributed by atoms with Crippen LogP contribution in [-0.2, 0) is 0 Å². The number of halogens is 1. The van der Waals surface area contributed by atoms with Gasteiger partial charge >= 0.3 is 0 Å². The van der Waals surface area contributed by atoms with Crippen LogP contribution < -0.4 is 0 Å². The van der Waals surface area contributed by atoms with E-state index in [2.05, 4.69) is 37.2 Å². The fourth-order valence-electron chi connectivity index (χ4n) is 2.50. The summed E-state index contributed by atoms with van der Waals surface area (Å²) in [5, 5.41) is 9.44. The summed E-state index contributed by atoms with van der Waals surface area (Å²) >= 11 is 8.84. The van der Waals surface area contributed by atoms with Gasteiger partial charge in [0.15, 0.2) is 10.6 Å². The van der Waals surface area contributed by atoms with Gasteiger partial charge in [-0.05, 0) is 47.9 Å². The van der Waals surface area contributed by atoms with E-state index in [1.807, 2.05) is 59.3 Å². The minimum atomic E-state index is 0.539. The molecule has 112 valence electrons. The van der Waals surface area contributed by atoms with Crippen LogP contribution in [0.3, 0.4) is 0 Å². The van der Waals surface area contributed by atoms with Crippen molar-refractivity contribution in [1.29, 1.82) is 0 Å². The fraction of sp³-hybridized carbons (Fsp3) is 0. The van der Waals surface area contributed by atoms with Crippen molar-refractivity contribution < 1.29 is 0 Å². The maximum atomic E-state index is 5.39. The number of fused-ring (bicyclic) bond motifs is 1. The number of H-pyrrole nitrogens is 1. The Kier molecular flexibility index (Phi) is 3.55. The summed E-state index contributed by atoms with van der Waals surface area (Å²) in [5.74, 6) is 0.697. The van der Waals surface area contributed by atoms with Crippen molar-refractivity contribution in [2.24, 2.45) is 0 Å². The van der Waals surface area contributed by atoms with E-state index in [0.717, 1.165) is 26.6 Å². The average molecular weight is 383 g/mol. The normalized spacial score (nSPS) is 11.0. The molecule has 0 amide bonds. The highest BCUT2D eigenvalue weighted by Gasteiger charge is 2.12. The lowest BCUT2D eigenvalue weighted by Gasteiger charge is -2.07. The van der Waals surface area contributed by atoms with Crippen LogP contribution in [0, 0.1) is 4.77 Å². The van der Waals surface area contributed by atoms with Crippen molar-refractivity contribution in [3.63, 3.8) is 0 Å². The SMILES string of the molecule is S=c1[nH]nc(-c2cc3ccccc3cn2)n1-c1ccc(Br)cc1. The fourth-order valence-corrected chi connectivity index (χ4v) is 3.01. The molecule has 2 aromatic carbocycles. The molecule has 6 heteroatoms. The third-order valence-electron chi connectivity index (χ3n) is 3.62. The van der Waals surface area contributed by atoms with Crippen LogP contribution in [0.5, 0.6) is 0 Å². The van der Waals surface area contributed by atoms with E-state index in [9.17, 15) is 0 Å². The number of hydrogen-bond donors (Lipinski definition) is 1. The van der Waals surface area contributed by atoms with Gasteiger partial charge in [-0.15, -0.1) is 0 Å². The van der Waals surface area contributed by atoms with E-state index in [4.69, 9.17) is 12.2 Å². The number of pyridine rings is 1. The Morgan fingerprint density at radius 1 is 1.00 bits per heavy atom. The monoisotopic (exact) mass is 382 g/mol. The number of aromatic nitrogens is 4. The third-order valence-corrected chi connectivity index (χ3v) is 4.42. The lowest BCUT2D eigenvalue weighted by molar-refractivity contribution is 1.03. The lowest BCUT2D eigenvalue weighted by atomic mass is 10.1. The zero-order valence-corrected chi connectivity index (χ0v) is 14.3. The highest BCUT2D eigenvalue weighted by Crippen LogP contribution is 2.24. The first kappa shape index (κ1) is 14.3. The van der Waals surface area contributed by atoms with Crippen molar-refractivity contribution in [2.75, 3.05) is 0 Å².